The van der Waals surface area contributed by atoms with Crippen LogP contribution in [0.5, 0.6) is 11.5 Å². The van der Waals surface area contributed by atoms with Crippen LogP contribution < -0.4 is 4.74 Å². The van der Waals surface area contributed by atoms with E-state index in [1.165, 1.54) is 26.9 Å². The minimum Gasteiger partial charge on any atom is -0.456 e. The Labute approximate surface area is 321 Å². The van der Waals surface area contributed by atoms with Gasteiger partial charge < -0.3 is 9.30 Å². The van der Waals surface area contributed by atoms with Crippen molar-refractivity contribution < 1.29 is 4.74 Å². The second kappa shape index (κ2) is 11.9. The van der Waals surface area contributed by atoms with Crippen LogP contribution in [0, 0.1) is 0 Å². The number of para-hydroxylation sites is 1. The van der Waals surface area contributed by atoms with E-state index in [9.17, 15) is 0 Å². The molecule has 260 valence electrons. The van der Waals surface area contributed by atoms with Gasteiger partial charge in [-0.3, -0.25) is 0 Å². The van der Waals surface area contributed by atoms with Crippen LogP contribution in [0.1, 0.15) is 0 Å². The Morgan fingerprint density at radius 1 is 0.375 bits per heavy atom. The largest absolute Gasteiger partial charge is 0.456 e. The number of fused-ring (bicyclic) bond motifs is 7. The van der Waals surface area contributed by atoms with Gasteiger partial charge in [0.15, 0.2) is 17.5 Å². The second-order valence-corrected chi connectivity index (χ2v) is 14.4. The van der Waals surface area contributed by atoms with Crippen LogP contribution in [0.2, 0.25) is 0 Å². The number of benzene rings is 9. The molecule has 56 heavy (non-hydrogen) atoms. The highest BCUT2D eigenvalue weighted by Gasteiger charge is 2.27. The van der Waals surface area contributed by atoms with E-state index in [1.807, 2.05) is 30.3 Å². The van der Waals surface area contributed by atoms with Crippen molar-refractivity contribution in [3.63, 3.8) is 0 Å². The Hall–Kier alpha value is -7.63. The molecule has 0 amide bonds. The molecular weight excluding hydrogens is 685 g/mol. The molecule has 0 radical (unpaired) electrons. The van der Waals surface area contributed by atoms with E-state index in [0.717, 1.165) is 72.2 Å². The summed E-state index contributed by atoms with van der Waals surface area (Å²) in [6.07, 6.45) is 0. The first-order valence-electron chi connectivity index (χ1n) is 18.9. The molecule has 0 bridgehead atoms. The van der Waals surface area contributed by atoms with Gasteiger partial charge >= 0.3 is 0 Å². The van der Waals surface area contributed by atoms with Gasteiger partial charge in [-0.2, -0.15) is 0 Å². The summed E-state index contributed by atoms with van der Waals surface area (Å²) in [4.78, 5) is 15.4. The SMILES string of the molecule is c1ccc(-c2nc(-c3ccc4ccccc4c3)nc(-c3ccc4c5c(cccc35)-c3c(cccc3-n3c5ccccc5c5cc6ccccc6cc53)O4)n2)cc1. The molecule has 0 unspecified atom stereocenters. The Kier molecular flexibility index (Phi) is 6.56. The maximum absolute atomic E-state index is 6.83. The Balaban J connectivity index is 1.09. The van der Waals surface area contributed by atoms with E-state index in [1.54, 1.807) is 0 Å². The quantitative estimate of drug-likeness (QED) is 0.182. The van der Waals surface area contributed by atoms with Crippen molar-refractivity contribution in [3.8, 4) is 62.5 Å². The summed E-state index contributed by atoms with van der Waals surface area (Å²) in [6, 6.07) is 63.8. The van der Waals surface area contributed by atoms with Gasteiger partial charge in [0.25, 0.3) is 0 Å². The molecule has 9 aromatic carbocycles. The van der Waals surface area contributed by atoms with Crippen LogP contribution in [-0.2, 0) is 0 Å². The number of hydrogen-bond acceptors (Lipinski definition) is 4. The zero-order valence-corrected chi connectivity index (χ0v) is 30.0. The molecular formula is C51H30N4O. The lowest BCUT2D eigenvalue weighted by Gasteiger charge is -2.25. The molecule has 3 heterocycles. The van der Waals surface area contributed by atoms with Crippen LogP contribution in [0.15, 0.2) is 182 Å². The van der Waals surface area contributed by atoms with Crippen molar-refractivity contribution in [1.82, 2.24) is 19.5 Å². The van der Waals surface area contributed by atoms with Crippen LogP contribution in [-0.4, -0.2) is 19.5 Å². The molecule has 0 fully saturated rings. The fraction of sp³-hybridized carbons (Fsp3) is 0. The lowest BCUT2D eigenvalue weighted by molar-refractivity contribution is 0.487. The fourth-order valence-electron chi connectivity index (χ4n) is 8.63. The third-order valence-electron chi connectivity index (χ3n) is 11.2. The first-order chi connectivity index (χ1) is 27.7. The van der Waals surface area contributed by atoms with Gasteiger partial charge in [0.2, 0.25) is 0 Å². The molecule has 5 nitrogen and oxygen atoms in total. The van der Waals surface area contributed by atoms with Crippen LogP contribution >= 0.6 is 0 Å². The lowest BCUT2D eigenvalue weighted by atomic mass is 9.91. The molecule has 0 saturated heterocycles. The summed E-state index contributed by atoms with van der Waals surface area (Å²) in [5, 5.41) is 9.23. The molecule has 5 heteroatoms. The van der Waals surface area contributed by atoms with Crippen LogP contribution in [0.4, 0.5) is 0 Å². The Morgan fingerprint density at radius 3 is 1.91 bits per heavy atom. The Bertz CT molecular complexity index is 3400. The standard InChI is InChI=1S/C51H30N4O/c1-2-13-32(14-3-1)49-52-50(36-25-24-31-12-4-5-15-33(31)28-36)54-51(53-49)39-26-27-46-47-38(39)19-10-20-40(47)48-43(22-11-23-45(48)56-46)55-42-21-9-8-18-37(42)41-29-34-16-6-7-17-35(34)30-44(41)55/h1-30H. The minimum absolute atomic E-state index is 0.610. The number of ether oxygens (including phenoxy) is 1. The molecule has 11 aromatic rings. The minimum atomic E-state index is 0.610. The number of rotatable bonds is 4. The van der Waals surface area contributed by atoms with E-state index in [-0.39, 0.29) is 0 Å². The normalized spacial score (nSPS) is 12.1. The van der Waals surface area contributed by atoms with E-state index < -0.39 is 0 Å². The van der Waals surface area contributed by atoms with Crippen LogP contribution in [0.25, 0.3) is 105 Å². The van der Waals surface area contributed by atoms with Gasteiger partial charge in [-0.1, -0.05) is 133 Å². The van der Waals surface area contributed by atoms with Gasteiger partial charge in [0, 0.05) is 38.4 Å². The molecule has 1 aliphatic rings. The number of hydrogen-bond donors (Lipinski definition) is 0. The smallest absolute Gasteiger partial charge is 0.164 e. The summed E-state index contributed by atoms with van der Waals surface area (Å²) in [5.74, 6) is 3.50. The first kappa shape index (κ1) is 30.8. The van der Waals surface area contributed by atoms with Crippen molar-refractivity contribution in [1.29, 1.82) is 0 Å². The topological polar surface area (TPSA) is 52.8 Å². The number of aromatic nitrogens is 4. The van der Waals surface area contributed by atoms with Crippen molar-refractivity contribution in [2.45, 2.75) is 0 Å². The van der Waals surface area contributed by atoms with Crippen LogP contribution in [0.3, 0.4) is 0 Å². The zero-order chi connectivity index (χ0) is 36.7. The van der Waals surface area contributed by atoms with E-state index in [2.05, 4.69) is 156 Å². The molecule has 0 spiro atoms. The number of nitrogens with zero attached hydrogens (tertiary/aromatic N) is 4. The van der Waals surface area contributed by atoms with Gasteiger partial charge in [-0.05, 0) is 81.0 Å². The zero-order valence-electron chi connectivity index (χ0n) is 30.0. The highest BCUT2D eigenvalue weighted by atomic mass is 16.5. The summed E-state index contributed by atoms with van der Waals surface area (Å²) >= 11 is 0. The predicted molar refractivity (Wildman–Crippen MR) is 229 cm³/mol. The third-order valence-corrected chi connectivity index (χ3v) is 11.2. The molecule has 0 N–H and O–H groups in total. The average Bonchev–Trinajstić information content (AvgIpc) is 3.58. The third kappa shape index (κ3) is 4.64. The average molecular weight is 715 g/mol. The molecule has 2 aromatic heterocycles. The maximum Gasteiger partial charge on any atom is 0.164 e. The molecule has 0 aliphatic carbocycles. The summed E-state index contributed by atoms with van der Waals surface area (Å²) in [7, 11) is 0. The monoisotopic (exact) mass is 714 g/mol. The van der Waals surface area contributed by atoms with Crippen molar-refractivity contribution in [2.24, 2.45) is 0 Å². The molecule has 0 atom stereocenters. The van der Waals surface area contributed by atoms with Gasteiger partial charge in [0.05, 0.1) is 16.7 Å². The lowest BCUT2D eigenvalue weighted by Crippen LogP contribution is -2.04. The van der Waals surface area contributed by atoms with E-state index in [4.69, 9.17) is 19.7 Å². The van der Waals surface area contributed by atoms with Crippen molar-refractivity contribution >= 4 is 54.1 Å². The molecule has 1 aliphatic heterocycles. The second-order valence-electron chi connectivity index (χ2n) is 14.4. The molecule has 0 saturated carbocycles. The molecule has 12 rings (SSSR count). The van der Waals surface area contributed by atoms with Crippen molar-refractivity contribution in [3.05, 3.63) is 182 Å². The Morgan fingerprint density at radius 2 is 1.05 bits per heavy atom. The van der Waals surface area contributed by atoms with E-state index in [0.29, 0.717) is 17.5 Å². The van der Waals surface area contributed by atoms with Crippen molar-refractivity contribution in [2.75, 3.05) is 0 Å². The van der Waals surface area contributed by atoms with Gasteiger partial charge in [-0.15, -0.1) is 0 Å². The highest BCUT2D eigenvalue weighted by molar-refractivity contribution is 6.15. The van der Waals surface area contributed by atoms with Gasteiger partial charge in [-0.25, -0.2) is 15.0 Å². The summed E-state index contributed by atoms with van der Waals surface area (Å²) < 4.78 is 9.24. The fourth-order valence-corrected chi connectivity index (χ4v) is 8.63. The van der Waals surface area contributed by atoms with Gasteiger partial charge in [0.1, 0.15) is 11.5 Å². The summed E-state index contributed by atoms with van der Waals surface area (Å²) in [5.41, 5.74) is 8.32. The summed E-state index contributed by atoms with van der Waals surface area (Å²) in [6.45, 7) is 0. The highest BCUT2D eigenvalue weighted by Crippen LogP contribution is 2.51. The van der Waals surface area contributed by atoms with E-state index >= 15 is 0 Å². The maximum atomic E-state index is 6.83. The predicted octanol–water partition coefficient (Wildman–Crippen LogP) is 13.2. The first-order valence-corrected chi connectivity index (χ1v) is 18.9.